The van der Waals surface area contributed by atoms with Crippen LogP contribution < -0.4 is 14.8 Å². The van der Waals surface area contributed by atoms with Gasteiger partial charge in [-0.05, 0) is 33.9 Å². The SMILES string of the molecule is CCOc1cccc(CNC)c1OCCC(C)(C)OC. The van der Waals surface area contributed by atoms with Gasteiger partial charge < -0.3 is 19.5 Å². The summed E-state index contributed by atoms with van der Waals surface area (Å²) in [5.74, 6) is 1.63. The van der Waals surface area contributed by atoms with Crippen LogP contribution in [0.1, 0.15) is 32.8 Å². The maximum atomic E-state index is 5.97. The van der Waals surface area contributed by atoms with Crippen molar-refractivity contribution >= 4 is 0 Å². The molecule has 0 unspecified atom stereocenters. The summed E-state index contributed by atoms with van der Waals surface area (Å²) < 4.78 is 17.0. The fraction of sp³-hybridized carbons (Fsp3) is 0.625. The number of ether oxygens (including phenoxy) is 3. The third kappa shape index (κ3) is 5.02. The van der Waals surface area contributed by atoms with Crippen LogP contribution in [0.15, 0.2) is 18.2 Å². The number of benzene rings is 1. The second-order valence-corrected chi connectivity index (χ2v) is 5.27. The number of nitrogens with one attached hydrogen (secondary N) is 1. The molecule has 0 radical (unpaired) electrons. The topological polar surface area (TPSA) is 39.7 Å². The van der Waals surface area contributed by atoms with Crippen LogP contribution in [0.4, 0.5) is 0 Å². The van der Waals surface area contributed by atoms with Crippen molar-refractivity contribution < 1.29 is 14.2 Å². The first-order chi connectivity index (χ1) is 9.54. The molecule has 1 aromatic rings. The van der Waals surface area contributed by atoms with E-state index in [9.17, 15) is 0 Å². The highest BCUT2D eigenvalue weighted by Crippen LogP contribution is 2.32. The van der Waals surface area contributed by atoms with Crippen molar-refractivity contribution in [1.82, 2.24) is 5.32 Å². The minimum absolute atomic E-state index is 0.177. The lowest BCUT2D eigenvalue weighted by atomic mass is 10.1. The van der Waals surface area contributed by atoms with Crippen LogP contribution in [0, 0.1) is 0 Å². The predicted molar refractivity (Wildman–Crippen MR) is 81.6 cm³/mol. The van der Waals surface area contributed by atoms with E-state index in [1.807, 2.05) is 26.1 Å². The van der Waals surface area contributed by atoms with Gasteiger partial charge in [-0.25, -0.2) is 0 Å². The minimum atomic E-state index is -0.177. The molecule has 0 bridgehead atoms. The molecule has 0 aliphatic heterocycles. The molecule has 0 aliphatic carbocycles. The van der Waals surface area contributed by atoms with Crippen LogP contribution in [0.3, 0.4) is 0 Å². The van der Waals surface area contributed by atoms with Gasteiger partial charge in [-0.1, -0.05) is 12.1 Å². The lowest BCUT2D eigenvalue weighted by molar-refractivity contribution is 0.00512. The molecule has 114 valence electrons. The zero-order valence-corrected chi connectivity index (χ0v) is 13.3. The summed E-state index contributed by atoms with van der Waals surface area (Å²) in [6, 6.07) is 5.99. The smallest absolute Gasteiger partial charge is 0.165 e. The molecule has 1 rings (SSSR count). The second kappa shape index (κ2) is 8.12. The van der Waals surface area contributed by atoms with Gasteiger partial charge in [-0.3, -0.25) is 0 Å². The van der Waals surface area contributed by atoms with Crippen molar-refractivity contribution in [2.75, 3.05) is 27.4 Å². The summed E-state index contributed by atoms with van der Waals surface area (Å²) in [6.07, 6.45) is 0.822. The summed E-state index contributed by atoms with van der Waals surface area (Å²) in [6.45, 7) is 8.07. The van der Waals surface area contributed by atoms with Crippen LogP contribution >= 0.6 is 0 Å². The van der Waals surface area contributed by atoms with E-state index in [4.69, 9.17) is 14.2 Å². The molecule has 4 heteroatoms. The summed E-state index contributed by atoms with van der Waals surface area (Å²) in [7, 11) is 3.64. The molecule has 0 heterocycles. The van der Waals surface area contributed by atoms with Crippen LogP contribution in [-0.2, 0) is 11.3 Å². The molecular weight excluding hydrogens is 254 g/mol. The molecule has 0 fully saturated rings. The van der Waals surface area contributed by atoms with E-state index in [2.05, 4.69) is 25.2 Å². The Labute approximate surface area is 122 Å². The van der Waals surface area contributed by atoms with Crippen LogP contribution in [0.5, 0.6) is 11.5 Å². The van der Waals surface area contributed by atoms with Gasteiger partial charge >= 0.3 is 0 Å². The molecule has 20 heavy (non-hydrogen) atoms. The first-order valence-electron chi connectivity index (χ1n) is 7.11. The molecule has 0 aliphatic rings. The largest absolute Gasteiger partial charge is 0.490 e. The van der Waals surface area contributed by atoms with E-state index in [-0.39, 0.29) is 5.60 Å². The highest BCUT2D eigenvalue weighted by Gasteiger charge is 2.17. The molecule has 0 atom stereocenters. The standard InChI is InChI=1S/C16H27NO3/c1-6-19-14-9-7-8-13(12-17-4)15(14)20-11-10-16(2,3)18-5/h7-9,17H,6,10-12H2,1-5H3. The van der Waals surface area contributed by atoms with Gasteiger partial charge in [0.15, 0.2) is 11.5 Å². The van der Waals surface area contributed by atoms with E-state index in [0.29, 0.717) is 13.2 Å². The molecule has 0 saturated heterocycles. The Morgan fingerprint density at radius 2 is 1.95 bits per heavy atom. The monoisotopic (exact) mass is 281 g/mol. The van der Waals surface area contributed by atoms with Crippen molar-refractivity contribution in [3.8, 4) is 11.5 Å². The van der Waals surface area contributed by atoms with Crippen molar-refractivity contribution in [3.05, 3.63) is 23.8 Å². The summed E-state index contributed by atoms with van der Waals surface area (Å²) in [4.78, 5) is 0. The Hall–Kier alpha value is -1.26. The maximum absolute atomic E-state index is 5.97. The lowest BCUT2D eigenvalue weighted by Crippen LogP contribution is -2.25. The third-order valence-corrected chi connectivity index (χ3v) is 3.23. The fourth-order valence-corrected chi connectivity index (χ4v) is 1.82. The van der Waals surface area contributed by atoms with Crippen molar-refractivity contribution in [2.24, 2.45) is 0 Å². The Balaban J connectivity index is 2.79. The molecule has 0 saturated carbocycles. The van der Waals surface area contributed by atoms with Crippen molar-refractivity contribution in [2.45, 2.75) is 39.3 Å². The van der Waals surface area contributed by atoms with Crippen molar-refractivity contribution in [3.63, 3.8) is 0 Å². The predicted octanol–water partition coefficient (Wildman–Crippen LogP) is 3.00. The zero-order chi connectivity index (χ0) is 15.0. The number of rotatable bonds is 9. The van der Waals surface area contributed by atoms with Gasteiger partial charge in [0.25, 0.3) is 0 Å². The average molecular weight is 281 g/mol. The highest BCUT2D eigenvalue weighted by molar-refractivity contribution is 5.46. The third-order valence-electron chi connectivity index (χ3n) is 3.23. The Morgan fingerprint density at radius 1 is 1.20 bits per heavy atom. The highest BCUT2D eigenvalue weighted by atomic mass is 16.5. The van der Waals surface area contributed by atoms with Gasteiger partial charge in [-0.15, -0.1) is 0 Å². The first-order valence-corrected chi connectivity index (χ1v) is 7.11. The quantitative estimate of drug-likeness (QED) is 0.755. The first kappa shape index (κ1) is 16.8. The van der Waals surface area contributed by atoms with Crippen LogP contribution in [-0.4, -0.2) is 33.0 Å². The van der Waals surface area contributed by atoms with E-state index >= 15 is 0 Å². The number of hydrogen-bond acceptors (Lipinski definition) is 4. The normalized spacial score (nSPS) is 11.4. The molecule has 0 aromatic heterocycles. The molecule has 0 amide bonds. The molecule has 1 N–H and O–H groups in total. The van der Waals surface area contributed by atoms with Gasteiger partial charge in [0.2, 0.25) is 0 Å². The summed E-state index contributed by atoms with van der Waals surface area (Å²) >= 11 is 0. The van der Waals surface area contributed by atoms with Crippen LogP contribution in [0.25, 0.3) is 0 Å². The van der Waals surface area contributed by atoms with Crippen molar-refractivity contribution in [1.29, 1.82) is 0 Å². The number of para-hydroxylation sites is 1. The molecule has 1 aromatic carbocycles. The second-order valence-electron chi connectivity index (χ2n) is 5.27. The number of methoxy groups -OCH3 is 1. The number of hydrogen-bond donors (Lipinski definition) is 1. The van der Waals surface area contributed by atoms with E-state index in [1.165, 1.54) is 0 Å². The Bertz CT molecular complexity index is 380. The molecule has 0 spiro atoms. The van der Waals surface area contributed by atoms with Crippen LogP contribution in [0.2, 0.25) is 0 Å². The van der Waals surface area contributed by atoms with Gasteiger partial charge in [-0.2, -0.15) is 0 Å². The minimum Gasteiger partial charge on any atom is -0.490 e. The Morgan fingerprint density at radius 3 is 2.55 bits per heavy atom. The average Bonchev–Trinajstić information content (AvgIpc) is 2.42. The van der Waals surface area contributed by atoms with Gasteiger partial charge in [0, 0.05) is 25.6 Å². The summed E-state index contributed by atoms with van der Waals surface area (Å²) in [5, 5.41) is 3.15. The maximum Gasteiger partial charge on any atom is 0.165 e. The van der Waals surface area contributed by atoms with E-state index < -0.39 is 0 Å². The summed E-state index contributed by atoms with van der Waals surface area (Å²) in [5.41, 5.74) is 0.928. The van der Waals surface area contributed by atoms with E-state index in [0.717, 1.165) is 30.0 Å². The molecular formula is C16H27NO3. The van der Waals surface area contributed by atoms with E-state index in [1.54, 1.807) is 7.11 Å². The van der Waals surface area contributed by atoms with Gasteiger partial charge in [0.1, 0.15) is 0 Å². The fourth-order valence-electron chi connectivity index (χ4n) is 1.82. The Kier molecular flexibility index (Phi) is 6.82. The van der Waals surface area contributed by atoms with Gasteiger partial charge in [0.05, 0.1) is 18.8 Å². The lowest BCUT2D eigenvalue weighted by Gasteiger charge is -2.23. The zero-order valence-electron chi connectivity index (χ0n) is 13.3. The molecule has 4 nitrogen and oxygen atoms in total.